The lowest BCUT2D eigenvalue weighted by Crippen LogP contribution is -2.28. The fourth-order valence-corrected chi connectivity index (χ4v) is 2.64. The van der Waals surface area contributed by atoms with Crippen molar-refractivity contribution in [3.63, 3.8) is 0 Å². The normalized spacial score (nSPS) is 17.4. The third-order valence-electron chi connectivity index (χ3n) is 3.65. The number of nitrogens with one attached hydrogen (secondary N) is 1. The zero-order valence-electron chi connectivity index (χ0n) is 10.9. The van der Waals surface area contributed by atoms with E-state index in [-0.39, 0.29) is 6.04 Å². The van der Waals surface area contributed by atoms with E-state index in [2.05, 4.69) is 23.6 Å². The molecule has 1 aromatic carbocycles. The highest BCUT2D eigenvalue weighted by Gasteiger charge is 2.14. The molecule has 1 aromatic rings. The number of aryl methyl sites for hydroxylation is 1. The molecule has 0 spiro atoms. The lowest BCUT2D eigenvalue weighted by molar-refractivity contribution is 0.529. The predicted octanol–water partition coefficient (Wildman–Crippen LogP) is 4.04. The van der Waals surface area contributed by atoms with Crippen LogP contribution < -0.4 is 11.3 Å². The quantitative estimate of drug-likeness (QED) is 0.489. The van der Waals surface area contributed by atoms with Crippen molar-refractivity contribution < 1.29 is 0 Å². The topological polar surface area (TPSA) is 38.0 Å². The highest BCUT2D eigenvalue weighted by molar-refractivity contribution is 6.31. The van der Waals surface area contributed by atoms with Gasteiger partial charge in [-0.2, -0.15) is 0 Å². The summed E-state index contributed by atoms with van der Waals surface area (Å²) >= 11 is 6.17. The zero-order valence-corrected chi connectivity index (χ0v) is 11.6. The van der Waals surface area contributed by atoms with Crippen molar-refractivity contribution in [3.05, 3.63) is 46.0 Å². The Bertz CT molecular complexity index is 440. The van der Waals surface area contributed by atoms with Gasteiger partial charge in [-0.05, 0) is 56.2 Å². The second-order valence-corrected chi connectivity index (χ2v) is 5.45. The van der Waals surface area contributed by atoms with Gasteiger partial charge < -0.3 is 0 Å². The van der Waals surface area contributed by atoms with Crippen LogP contribution in [0.3, 0.4) is 0 Å². The van der Waals surface area contributed by atoms with Gasteiger partial charge in [0.15, 0.2) is 0 Å². The predicted molar refractivity (Wildman–Crippen MR) is 77.4 cm³/mol. The Balaban J connectivity index is 2.12. The van der Waals surface area contributed by atoms with E-state index in [4.69, 9.17) is 17.4 Å². The standard InChI is InChI=1S/C15H21ClN2/c1-11-7-8-13(10-14(11)16)15(18-17)9-12-5-3-2-4-6-12/h5,7-8,10,15,18H,2-4,6,9,17H2,1H3. The van der Waals surface area contributed by atoms with Crippen LogP contribution in [0, 0.1) is 6.92 Å². The van der Waals surface area contributed by atoms with Gasteiger partial charge in [-0.15, -0.1) is 0 Å². The molecule has 18 heavy (non-hydrogen) atoms. The lowest BCUT2D eigenvalue weighted by Gasteiger charge is -2.21. The monoisotopic (exact) mass is 264 g/mol. The fraction of sp³-hybridized carbons (Fsp3) is 0.467. The molecule has 1 unspecified atom stereocenters. The van der Waals surface area contributed by atoms with E-state index in [1.54, 1.807) is 0 Å². The molecule has 0 aromatic heterocycles. The number of nitrogens with two attached hydrogens (primary N) is 1. The Morgan fingerprint density at radius 3 is 2.83 bits per heavy atom. The minimum atomic E-state index is 0.160. The Morgan fingerprint density at radius 1 is 1.39 bits per heavy atom. The summed E-state index contributed by atoms with van der Waals surface area (Å²) in [6.45, 7) is 2.01. The molecule has 1 aliphatic carbocycles. The van der Waals surface area contributed by atoms with E-state index < -0.39 is 0 Å². The molecule has 0 saturated heterocycles. The van der Waals surface area contributed by atoms with Gasteiger partial charge in [0, 0.05) is 11.1 Å². The maximum absolute atomic E-state index is 6.17. The van der Waals surface area contributed by atoms with Gasteiger partial charge in [-0.1, -0.05) is 35.4 Å². The van der Waals surface area contributed by atoms with Crippen LogP contribution >= 0.6 is 11.6 Å². The van der Waals surface area contributed by atoms with Gasteiger partial charge in [0.1, 0.15) is 0 Å². The molecule has 2 nitrogen and oxygen atoms in total. The molecule has 1 aliphatic rings. The molecule has 98 valence electrons. The van der Waals surface area contributed by atoms with E-state index >= 15 is 0 Å². The minimum absolute atomic E-state index is 0.160. The average Bonchev–Trinajstić information content (AvgIpc) is 2.40. The highest BCUT2D eigenvalue weighted by Crippen LogP contribution is 2.29. The first-order valence-electron chi connectivity index (χ1n) is 6.61. The molecule has 0 saturated carbocycles. The summed E-state index contributed by atoms with van der Waals surface area (Å²) in [5.41, 5.74) is 6.70. The Kier molecular flexibility index (Phi) is 4.81. The maximum Gasteiger partial charge on any atom is 0.0497 e. The summed E-state index contributed by atoms with van der Waals surface area (Å²) in [6, 6.07) is 6.34. The number of allylic oxidation sites excluding steroid dienone is 1. The minimum Gasteiger partial charge on any atom is -0.271 e. The molecular formula is C15H21ClN2. The number of hydrazine groups is 1. The van der Waals surface area contributed by atoms with Gasteiger partial charge in [-0.25, -0.2) is 0 Å². The maximum atomic E-state index is 6.17. The molecule has 0 bridgehead atoms. The van der Waals surface area contributed by atoms with Gasteiger partial charge in [-0.3, -0.25) is 11.3 Å². The summed E-state index contributed by atoms with van der Waals surface area (Å²) in [5, 5.41) is 0.811. The van der Waals surface area contributed by atoms with Crippen molar-refractivity contribution in [1.29, 1.82) is 0 Å². The number of rotatable bonds is 4. The molecule has 0 fully saturated rings. The van der Waals surface area contributed by atoms with Gasteiger partial charge >= 0.3 is 0 Å². The summed E-state index contributed by atoms with van der Waals surface area (Å²) < 4.78 is 0. The van der Waals surface area contributed by atoms with E-state index in [0.717, 1.165) is 17.0 Å². The molecule has 0 heterocycles. The third-order valence-corrected chi connectivity index (χ3v) is 4.06. The summed E-state index contributed by atoms with van der Waals surface area (Å²) in [7, 11) is 0. The molecule has 0 radical (unpaired) electrons. The van der Waals surface area contributed by atoms with Crippen LogP contribution in [0.5, 0.6) is 0 Å². The van der Waals surface area contributed by atoms with Crippen molar-refractivity contribution in [2.24, 2.45) is 5.84 Å². The SMILES string of the molecule is Cc1ccc(C(CC2=CCCCC2)NN)cc1Cl. The largest absolute Gasteiger partial charge is 0.271 e. The molecule has 0 aliphatic heterocycles. The van der Waals surface area contributed by atoms with Crippen LogP contribution in [0.25, 0.3) is 0 Å². The summed E-state index contributed by atoms with van der Waals surface area (Å²) in [6.07, 6.45) is 8.39. The number of hydrogen-bond donors (Lipinski definition) is 2. The van der Waals surface area contributed by atoms with Crippen LogP contribution in [-0.4, -0.2) is 0 Å². The molecule has 1 atom stereocenters. The summed E-state index contributed by atoms with van der Waals surface area (Å²) in [4.78, 5) is 0. The van der Waals surface area contributed by atoms with E-state index in [1.165, 1.54) is 36.8 Å². The zero-order chi connectivity index (χ0) is 13.0. The highest BCUT2D eigenvalue weighted by atomic mass is 35.5. The first-order valence-corrected chi connectivity index (χ1v) is 6.98. The second-order valence-electron chi connectivity index (χ2n) is 5.04. The molecule has 3 N–H and O–H groups in total. The number of benzene rings is 1. The lowest BCUT2D eigenvalue weighted by atomic mass is 9.91. The molecule has 2 rings (SSSR count). The van der Waals surface area contributed by atoms with Crippen LogP contribution in [0.1, 0.15) is 49.3 Å². The Morgan fingerprint density at radius 2 is 2.22 bits per heavy atom. The number of halogens is 1. The van der Waals surface area contributed by atoms with Crippen LogP contribution in [0.2, 0.25) is 5.02 Å². The van der Waals surface area contributed by atoms with Crippen molar-refractivity contribution in [1.82, 2.24) is 5.43 Å². The van der Waals surface area contributed by atoms with Gasteiger partial charge in [0.2, 0.25) is 0 Å². The molecular weight excluding hydrogens is 244 g/mol. The van der Waals surface area contributed by atoms with Crippen molar-refractivity contribution in [2.45, 2.75) is 45.1 Å². The van der Waals surface area contributed by atoms with Crippen LogP contribution in [0.4, 0.5) is 0 Å². The first kappa shape index (κ1) is 13.6. The van der Waals surface area contributed by atoms with Gasteiger partial charge in [0.05, 0.1) is 0 Å². The fourth-order valence-electron chi connectivity index (χ4n) is 2.45. The van der Waals surface area contributed by atoms with Crippen LogP contribution in [0.15, 0.2) is 29.8 Å². The molecule has 3 heteroatoms. The summed E-state index contributed by atoms with van der Waals surface area (Å²) in [5.74, 6) is 5.69. The smallest absolute Gasteiger partial charge is 0.0497 e. The van der Waals surface area contributed by atoms with Crippen molar-refractivity contribution in [2.75, 3.05) is 0 Å². The Hall–Kier alpha value is -0.830. The van der Waals surface area contributed by atoms with Crippen molar-refractivity contribution >= 4 is 11.6 Å². The second kappa shape index (κ2) is 6.37. The van der Waals surface area contributed by atoms with E-state index in [0.29, 0.717) is 0 Å². The van der Waals surface area contributed by atoms with E-state index in [9.17, 15) is 0 Å². The Labute approximate surface area is 114 Å². The number of hydrogen-bond acceptors (Lipinski definition) is 2. The third kappa shape index (κ3) is 3.35. The van der Waals surface area contributed by atoms with Crippen molar-refractivity contribution in [3.8, 4) is 0 Å². The molecule has 0 amide bonds. The van der Waals surface area contributed by atoms with Gasteiger partial charge in [0.25, 0.3) is 0 Å². The van der Waals surface area contributed by atoms with E-state index in [1.807, 2.05) is 13.0 Å². The van der Waals surface area contributed by atoms with Crippen LogP contribution in [-0.2, 0) is 0 Å². The average molecular weight is 265 g/mol. The first-order chi connectivity index (χ1) is 8.70.